The summed E-state index contributed by atoms with van der Waals surface area (Å²) in [5, 5.41) is 9.09. The Labute approximate surface area is 98.2 Å². The molecule has 0 radical (unpaired) electrons. The molecule has 0 saturated carbocycles. The first-order valence-electron chi connectivity index (χ1n) is 4.82. The minimum atomic E-state index is -0.362. The maximum atomic E-state index is 12.8. The van der Waals surface area contributed by atoms with Crippen LogP contribution in [0.4, 0.5) is 4.39 Å². The lowest BCUT2D eigenvalue weighted by Gasteiger charge is -2.02. The molecule has 1 N–H and O–H groups in total. The largest absolute Gasteiger partial charge is 0.392 e. The lowest BCUT2D eigenvalue weighted by molar-refractivity contribution is -0.109. The van der Waals surface area contributed by atoms with E-state index in [4.69, 9.17) is 5.11 Å². The zero-order valence-electron chi connectivity index (χ0n) is 8.94. The van der Waals surface area contributed by atoms with Crippen LogP contribution in [0, 0.1) is 5.82 Å². The molecule has 1 aromatic carbocycles. The molecule has 16 heavy (non-hydrogen) atoms. The van der Waals surface area contributed by atoms with Crippen molar-refractivity contribution >= 4 is 23.0 Å². The van der Waals surface area contributed by atoms with Gasteiger partial charge in [0.15, 0.2) is 5.12 Å². The van der Waals surface area contributed by atoms with Crippen molar-refractivity contribution in [2.45, 2.75) is 13.5 Å². The van der Waals surface area contributed by atoms with Crippen LogP contribution in [0.5, 0.6) is 0 Å². The Morgan fingerprint density at radius 3 is 2.94 bits per heavy atom. The molecule has 0 bridgehead atoms. The molecule has 0 heterocycles. The van der Waals surface area contributed by atoms with Gasteiger partial charge in [-0.1, -0.05) is 30.0 Å². The van der Waals surface area contributed by atoms with E-state index < -0.39 is 0 Å². The summed E-state index contributed by atoms with van der Waals surface area (Å²) in [6.45, 7) is 1.31. The minimum Gasteiger partial charge on any atom is -0.392 e. The summed E-state index contributed by atoms with van der Waals surface area (Å²) in [5.41, 5.74) is 1.32. The number of aliphatic hydroxyl groups is 1. The highest BCUT2D eigenvalue weighted by Crippen LogP contribution is 2.14. The molecule has 86 valence electrons. The fraction of sp³-hybridized carbons (Fsp3) is 0.250. The Morgan fingerprint density at radius 1 is 1.56 bits per heavy atom. The van der Waals surface area contributed by atoms with Crippen LogP contribution in [-0.2, 0) is 11.4 Å². The van der Waals surface area contributed by atoms with Crippen LogP contribution in [0.1, 0.15) is 18.1 Å². The van der Waals surface area contributed by atoms with Crippen molar-refractivity contribution in [1.29, 1.82) is 0 Å². The van der Waals surface area contributed by atoms with Gasteiger partial charge in [0.25, 0.3) is 0 Å². The number of hydrogen-bond donors (Lipinski definition) is 1. The van der Waals surface area contributed by atoms with Gasteiger partial charge in [0, 0.05) is 12.7 Å². The molecular formula is C12H13FO2S. The van der Waals surface area contributed by atoms with Crippen LogP contribution in [-0.4, -0.2) is 16.0 Å². The predicted octanol–water partition coefficient (Wildman–Crippen LogP) is 2.61. The van der Waals surface area contributed by atoms with Gasteiger partial charge >= 0.3 is 0 Å². The van der Waals surface area contributed by atoms with Gasteiger partial charge < -0.3 is 5.11 Å². The van der Waals surface area contributed by atoms with Gasteiger partial charge in [-0.05, 0) is 23.3 Å². The van der Waals surface area contributed by atoms with E-state index in [0.29, 0.717) is 11.3 Å². The molecule has 2 nitrogen and oxygen atoms in total. The van der Waals surface area contributed by atoms with Gasteiger partial charge in [0.2, 0.25) is 0 Å². The molecule has 0 atom stereocenters. The van der Waals surface area contributed by atoms with Crippen LogP contribution in [0.25, 0.3) is 6.08 Å². The zero-order chi connectivity index (χ0) is 12.0. The van der Waals surface area contributed by atoms with E-state index in [9.17, 15) is 9.18 Å². The van der Waals surface area contributed by atoms with Crippen LogP contribution >= 0.6 is 11.8 Å². The first-order valence-corrected chi connectivity index (χ1v) is 5.81. The van der Waals surface area contributed by atoms with E-state index in [1.54, 1.807) is 12.1 Å². The number of hydrogen-bond acceptors (Lipinski definition) is 3. The predicted molar refractivity (Wildman–Crippen MR) is 64.5 cm³/mol. The van der Waals surface area contributed by atoms with Crippen molar-refractivity contribution < 1.29 is 14.3 Å². The lowest BCUT2D eigenvalue weighted by atomic mass is 10.1. The molecule has 0 unspecified atom stereocenters. The van der Waals surface area contributed by atoms with Crippen LogP contribution in [0.2, 0.25) is 0 Å². The zero-order valence-corrected chi connectivity index (χ0v) is 9.76. The molecule has 0 saturated heterocycles. The maximum absolute atomic E-state index is 12.8. The highest BCUT2D eigenvalue weighted by molar-refractivity contribution is 8.13. The summed E-state index contributed by atoms with van der Waals surface area (Å²) in [6, 6.07) is 4.25. The first-order chi connectivity index (χ1) is 7.63. The third kappa shape index (κ3) is 4.16. The Morgan fingerprint density at radius 2 is 2.31 bits per heavy atom. The summed E-state index contributed by atoms with van der Waals surface area (Å²) in [4.78, 5) is 10.7. The van der Waals surface area contributed by atoms with E-state index >= 15 is 0 Å². The first kappa shape index (κ1) is 12.9. The van der Waals surface area contributed by atoms with Crippen LogP contribution in [0.15, 0.2) is 24.3 Å². The molecule has 0 aromatic heterocycles. The SMILES string of the molecule is CC(=O)SCC=Cc1ccc(F)cc1CO. The van der Waals surface area contributed by atoms with E-state index in [2.05, 4.69) is 0 Å². The fourth-order valence-corrected chi connectivity index (χ4v) is 1.64. The second kappa shape index (κ2) is 6.45. The number of benzene rings is 1. The van der Waals surface area contributed by atoms with Gasteiger partial charge in [-0.2, -0.15) is 0 Å². The number of thioether (sulfide) groups is 1. The molecule has 1 aromatic rings. The van der Waals surface area contributed by atoms with Gasteiger partial charge in [-0.25, -0.2) is 4.39 Å². The van der Waals surface area contributed by atoms with Crippen molar-refractivity contribution in [2.24, 2.45) is 0 Å². The number of carbonyl (C=O) groups is 1. The average molecular weight is 240 g/mol. The summed E-state index contributed by atoms with van der Waals surface area (Å²) in [5.74, 6) is 0.219. The third-order valence-electron chi connectivity index (χ3n) is 1.96. The van der Waals surface area contributed by atoms with Crippen molar-refractivity contribution in [3.05, 3.63) is 41.2 Å². The maximum Gasteiger partial charge on any atom is 0.186 e. The topological polar surface area (TPSA) is 37.3 Å². The van der Waals surface area contributed by atoms with Gasteiger partial charge in [0.1, 0.15) is 5.82 Å². The second-order valence-corrected chi connectivity index (χ2v) is 4.40. The third-order valence-corrected chi connectivity index (χ3v) is 2.72. The Balaban J connectivity index is 2.69. The lowest BCUT2D eigenvalue weighted by Crippen LogP contribution is -1.90. The number of carbonyl (C=O) groups excluding carboxylic acids is 1. The smallest absolute Gasteiger partial charge is 0.186 e. The highest BCUT2D eigenvalue weighted by Gasteiger charge is 2.00. The van der Waals surface area contributed by atoms with Gasteiger partial charge in [-0.3, -0.25) is 4.79 Å². The van der Waals surface area contributed by atoms with Crippen molar-refractivity contribution in [3.63, 3.8) is 0 Å². The summed E-state index contributed by atoms with van der Waals surface area (Å²) >= 11 is 1.20. The van der Waals surface area contributed by atoms with Gasteiger partial charge in [0.05, 0.1) is 6.61 Å². The van der Waals surface area contributed by atoms with Gasteiger partial charge in [-0.15, -0.1) is 0 Å². The molecule has 0 aliphatic heterocycles. The van der Waals surface area contributed by atoms with Crippen LogP contribution in [0.3, 0.4) is 0 Å². The molecule has 1 rings (SSSR count). The number of halogens is 1. The van der Waals surface area contributed by atoms with Crippen LogP contribution < -0.4 is 0 Å². The summed E-state index contributed by atoms with van der Waals surface area (Å²) < 4.78 is 12.8. The molecule has 0 amide bonds. The molecule has 4 heteroatoms. The molecule has 0 fully saturated rings. The molecular weight excluding hydrogens is 227 g/mol. The summed E-state index contributed by atoms with van der Waals surface area (Å²) in [7, 11) is 0. The Bertz CT molecular complexity index is 402. The standard InChI is InChI=1S/C12H13FO2S/c1-9(15)16-6-2-3-10-4-5-12(13)7-11(10)8-14/h2-5,7,14H,6,8H2,1H3. The average Bonchev–Trinajstić information content (AvgIpc) is 2.25. The number of rotatable bonds is 4. The monoisotopic (exact) mass is 240 g/mol. The minimum absolute atomic E-state index is 0.0612. The van der Waals surface area contributed by atoms with E-state index in [-0.39, 0.29) is 17.5 Å². The van der Waals surface area contributed by atoms with E-state index in [1.165, 1.54) is 30.8 Å². The van der Waals surface area contributed by atoms with E-state index in [1.807, 2.05) is 6.08 Å². The molecule has 0 spiro atoms. The fourth-order valence-electron chi connectivity index (χ4n) is 1.21. The Hall–Kier alpha value is -1.13. The highest BCUT2D eigenvalue weighted by atomic mass is 32.2. The quantitative estimate of drug-likeness (QED) is 0.879. The van der Waals surface area contributed by atoms with Crippen molar-refractivity contribution in [2.75, 3.05) is 5.75 Å². The van der Waals surface area contributed by atoms with E-state index in [0.717, 1.165) is 5.56 Å². The van der Waals surface area contributed by atoms with Crippen molar-refractivity contribution in [3.8, 4) is 0 Å². The summed E-state index contributed by atoms with van der Waals surface area (Å²) in [6.07, 6.45) is 3.60. The normalized spacial score (nSPS) is 10.9. The number of aliphatic hydroxyl groups excluding tert-OH is 1. The second-order valence-electron chi connectivity index (χ2n) is 3.21. The Kier molecular flexibility index (Phi) is 5.22. The molecule has 0 aliphatic rings. The molecule has 0 aliphatic carbocycles. The van der Waals surface area contributed by atoms with Crippen molar-refractivity contribution in [1.82, 2.24) is 0 Å².